The Morgan fingerprint density at radius 1 is 1.35 bits per heavy atom. The summed E-state index contributed by atoms with van der Waals surface area (Å²) < 4.78 is 25.5. The number of benzene rings is 1. The summed E-state index contributed by atoms with van der Waals surface area (Å²) in [4.78, 5) is 2.35. The van der Waals surface area contributed by atoms with Crippen LogP contribution in [-0.4, -0.2) is 30.1 Å². The second kappa shape index (κ2) is 7.14. The molecule has 20 heavy (non-hydrogen) atoms. The minimum atomic E-state index is -2.39. The molecule has 0 saturated carbocycles. The van der Waals surface area contributed by atoms with Gasteiger partial charge in [-0.3, -0.25) is 4.90 Å². The van der Waals surface area contributed by atoms with Crippen molar-refractivity contribution < 1.29 is 8.78 Å². The Hall–Kier alpha value is -1.00. The molecule has 2 nitrogen and oxygen atoms in total. The average molecular weight is 282 g/mol. The fourth-order valence-electron chi connectivity index (χ4n) is 2.72. The zero-order valence-electron chi connectivity index (χ0n) is 12.3. The number of nitrogens with one attached hydrogen (secondary N) is 1. The van der Waals surface area contributed by atoms with Crippen molar-refractivity contribution in [2.45, 2.75) is 51.7 Å². The first-order valence-electron chi connectivity index (χ1n) is 7.40. The van der Waals surface area contributed by atoms with Crippen molar-refractivity contribution in [2.75, 3.05) is 13.1 Å². The maximum Gasteiger partial charge on any atom is 0.263 e. The highest BCUT2D eigenvalue weighted by Crippen LogP contribution is 2.21. The SMILES string of the molecule is CC(C)N(Cc1cccc(C(F)F)c1)CC1CCCN1. The van der Waals surface area contributed by atoms with Crippen molar-refractivity contribution in [1.82, 2.24) is 10.2 Å². The van der Waals surface area contributed by atoms with Crippen LogP contribution in [0.5, 0.6) is 0 Å². The summed E-state index contributed by atoms with van der Waals surface area (Å²) in [6, 6.07) is 7.73. The molecule has 1 N–H and O–H groups in total. The monoisotopic (exact) mass is 282 g/mol. The molecule has 4 heteroatoms. The van der Waals surface area contributed by atoms with E-state index in [9.17, 15) is 8.78 Å². The van der Waals surface area contributed by atoms with Crippen LogP contribution < -0.4 is 5.32 Å². The van der Waals surface area contributed by atoms with Crippen molar-refractivity contribution in [1.29, 1.82) is 0 Å². The first-order chi connectivity index (χ1) is 9.56. The Kier molecular flexibility index (Phi) is 5.49. The molecule has 0 aromatic heterocycles. The van der Waals surface area contributed by atoms with E-state index >= 15 is 0 Å². The van der Waals surface area contributed by atoms with Gasteiger partial charge in [0.2, 0.25) is 0 Å². The second-order valence-corrected chi connectivity index (χ2v) is 5.86. The highest BCUT2D eigenvalue weighted by atomic mass is 19.3. The molecule has 0 radical (unpaired) electrons. The maximum atomic E-state index is 12.7. The third kappa shape index (κ3) is 4.25. The molecule has 1 aromatic carbocycles. The Bertz CT molecular complexity index is 415. The van der Waals surface area contributed by atoms with Crippen LogP contribution in [0.2, 0.25) is 0 Å². The van der Waals surface area contributed by atoms with Gasteiger partial charge in [-0.25, -0.2) is 8.78 Å². The van der Waals surface area contributed by atoms with Gasteiger partial charge in [-0.2, -0.15) is 0 Å². The smallest absolute Gasteiger partial charge is 0.263 e. The van der Waals surface area contributed by atoms with Crippen LogP contribution >= 0.6 is 0 Å². The number of halogens is 2. The predicted molar refractivity (Wildman–Crippen MR) is 78.0 cm³/mol. The Balaban J connectivity index is 2.01. The van der Waals surface area contributed by atoms with Gasteiger partial charge in [0.05, 0.1) is 0 Å². The van der Waals surface area contributed by atoms with Crippen molar-refractivity contribution in [3.05, 3.63) is 35.4 Å². The molecular weight excluding hydrogens is 258 g/mol. The molecule has 1 heterocycles. The summed E-state index contributed by atoms with van der Waals surface area (Å²) in [5.41, 5.74) is 1.08. The number of hydrogen-bond donors (Lipinski definition) is 1. The number of nitrogens with zero attached hydrogens (tertiary/aromatic N) is 1. The summed E-state index contributed by atoms with van der Waals surface area (Å²) in [6.07, 6.45) is 0.0524. The van der Waals surface area contributed by atoms with Gasteiger partial charge < -0.3 is 5.32 Å². The normalized spacial score (nSPS) is 19.4. The molecule has 1 aromatic rings. The number of rotatable bonds is 6. The van der Waals surface area contributed by atoms with Crippen LogP contribution in [0.3, 0.4) is 0 Å². The minimum absolute atomic E-state index is 0.116. The molecule has 0 aliphatic carbocycles. The third-order valence-electron chi connectivity index (χ3n) is 3.94. The van der Waals surface area contributed by atoms with E-state index < -0.39 is 6.43 Å². The molecule has 1 unspecified atom stereocenters. The molecule has 0 amide bonds. The summed E-state index contributed by atoms with van der Waals surface area (Å²) in [5, 5.41) is 3.50. The van der Waals surface area contributed by atoms with E-state index in [1.165, 1.54) is 18.9 Å². The Morgan fingerprint density at radius 2 is 2.15 bits per heavy atom. The van der Waals surface area contributed by atoms with Crippen LogP contribution in [0.1, 0.15) is 44.2 Å². The first-order valence-corrected chi connectivity index (χ1v) is 7.40. The van der Waals surface area contributed by atoms with Gasteiger partial charge in [0, 0.05) is 30.7 Å². The highest BCUT2D eigenvalue weighted by molar-refractivity contribution is 5.24. The van der Waals surface area contributed by atoms with E-state index in [1.54, 1.807) is 12.1 Å². The lowest BCUT2D eigenvalue weighted by atomic mass is 10.1. The molecule has 1 aliphatic rings. The van der Waals surface area contributed by atoms with Crippen molar-refractivity contribution in [3.63, 3.8) is 0 Å². The molecule has 1 atom stereocenters. The molecule has 0 spiro atoms. The van der Waals surface area contributed by atoms with Crippen molar-refractivity contribution in [2.24, 2.45) is 0 Å². The lowest BCUT2D eigenvalue weighted by molar-refractivity contribution is 0.151. The second-order valence-electron chi connectivity index (χ2n) is 5.86. The number of alkyl halides is 2. The van der Waals surface area contributed by atoms with Gasteiger partial charge in [-0.05, 0) is 44.9 Å². The quantitative estimate of drug-likeness (QED) is 0.858. The summed E-state index contributed by atoms with van der Waals surface area (Å²) >= 11 is 0. The van der Waals surface area contributed by atoms with E-state index in [4.69, 9.17) is 0 Å². The standard InChI is InChI=1S/C16H24F2N2/c1-12(2)20(11-15-7-4-8-19-15)10-13-5-3-6-14(9-13)16(17)18/h3,5-6,9,12,15-16,19H,4,7-8,10-11H2,1-2H3. The van der Waals surface area contributed by atoms with Crippen LogP contribution in [-0.2, 0) is 6.54 Å². The van der Waals surface area contributed by atoms with Gasteiger partial charge in [0.1, 0.15) is 0 Å². The van der Waals surface area contributed by atoms with E-state index in [0.717, 1.165) is 25.2 Å². The molecule has 1 aliphatic heterocycles. The van der Waals surface area contributed by atoms with Gasteiger partial charge in [-0.1, -0.05) is 18.2 Å². The van der Waals surface area contributed by atoms with E-state index in [-0.39, 0.29) is 5.56 Å². The van der Waals surface area contributed by atoms with E-state index in [0.29, 0.717) is 12.1 Å². The van der Waals surface area contributed by atoms with Crippen LogP contribution in [0, 0.1) is 0 Å². The van der Waals surface area contributed by atoms with Crippen LogP contribution in [0.25, 0.3) is 0 Å². The summed E-state index contributed by atoms with van der Waals surface area (Å²) in [7, 11) is 0. The lowest BCUT2D eigenvalue weighted by Gasteiger charge is -2.29. The largest absolute Gasteiger partial charge is 0.313 e. The first kappa shape index (κ1) is 15.4. The Morgan fingerprint density at radius 3 is 2.75 bits per heavy atom. The topological polar surface area (TPSA) is 15.3 Å². The fourth-order valence-corrected chi connectivity index (χ4v) is 2.72. The fraction of sp³-hybridized carbons (Fsp3) is 0.625. The molecule has 1 fully saturated rings. The van der Waals surface area contributed by atoms with Gasteiger partial charge in [0.15, 0.2) is 0 Å². The predicted octanol–water partition coefficient (Wildman–Crippen LogP) is 3.59. The van der Waals surface area contributed by atoms with Crippen molar-refractivity contribution in [3.8, 4) is 0 Å². The molecule has 112 valence electrons. The van der Waals surface area contributed by atoms with Crippen LogP contribution in [0.4, 0.5) is 8.78 Å². The van der Waals surface area contributed by atoms with Gasteiger partial charge in [0.25, 0.3) is 6.43 Å². The summed E-state index contributed by atoms with van der Waals surface area (Å²) in [5.74, 6) is 0. The Labute approximate surface area is 120 Å². The lowest BCUT2D eigenvalue weighted by Crippen LogP contribution is -2.40. The molecular formula is C16H24F2N2. The van der Waals surface area contributed by atoms with Gasteiger partial charge in [-0.15, -0.1) is 0 Å². The summed E-state index contributed by atoms with van der Waals surface area (Å²) in [6.45, 7) is 7.13. The minimum Gasteiger partial charge on any atom is -0.313 e. The molecule has 0 bridgehead atoms. The van der Waals surface area contributed by atoms with E-state index in [1.807, 2.05) is 6.07 Å². The third-order valence-corrected chi connectivity index (χ3v) is 3.94. The van der Waals surface area contributed by atoms with Crippen molar-refractivity contribution >= 4 is 0 Å². The molecule has 1 saturated heterocycles. The van der Waals surface area contributed by atoms with E-state index in [2.05, 4.69) is 24.1 Å². The highest BCUT2D eigenvalue weighted by Gasteiger charge is 2.20. The van der Waals surface area contributed by atoms with Gasteiger partial charge >= 0.3 is 0 Å². The maximum absolute atomic E-state index is 12.7. The van der Waals surface area contributed by atoms with Crippen LogP contribution in [0.15, 0.2) is 24.3 Å². The zero-order valence-corrected chi connectivity index (χ0v) is 12.3. The average Bonchev–Trinajstić information content (AvgIpc) is 2.91. The zero-order chi connectivity index (χ0) is 14.5. The molecule has 2 rings (SSSR count). The number of hydrogen-bond acceptors (Lipinski definition) is 2.